The number of carbonyl (C=O) groups excluding carboxylic acids is 2. The van der Waals surface area contributed by atoms with Crippen LogP contribution >= 0.6 is 0 Å². The number of hydrogen-bond acceptors (Lipinski definition) is 7. The van der Waals surface area contributed by atoms with Gasteiger partial charge in [-0.2, -0.15) is 0 Å². The number of fused-ring (bicyclic) bond motifs is 3. The lowest BCUT2D eigenvalue weighted by molar-refractivity contribution is -0.136. The van der Waals surface area contributed by atoms with E-state index in [2.05, 4.69) is 11.5 Å². The molecule has 0 aromatic heterocycles. The molecule has 0 bridgehead atoms. The Balaban J connectivity index is 1.59. The molecular formula is C23H29N5O4. The lowest BCUT2D eigenvalue weighted by Gasteiger charge is -2.40. The number of urea groups is 1. The van der Waals surface area contributed by atoms with Crippen molar-refractivity contribution in [1.29, 1.82) is 0 Å². The van der Waals surface area contributed by atoms with Gasteiger partial charge in [-0.25, -0.2) is 9.79 Å². The molecule has 170 valence electrons. The molecule has 0 saturated carbocycles. The van der Waals surface area contributed by atoms with Crippen molar-refractivity contribution in [2.45, 2.75) is 32.5 Å². The normalized spacial score (nSPS) is 22.3. The number of ether oxygens (including phenoxy) is 2. The zero-order valence-corrected chi connectivity index (χ0v) is 19.2. The molecular weight excluding hydrogens is 410 g/mol. The van der Waals surface area contributed by atoms with E-state index in [1.807, 2.05) is 36.9 Å². The lowest BCUT2D eigenvalue weighted by Crippen LogP contribution is -2.64. The van der Waals surface area contributed by atoms with Gasteiger partial charge in [-0.1, -0.05) is 12.1 Å². The van der Waals surface area contributed by atoms with E-state index in [0.29, 0.717) is 24.0 Å². The number of methoxy groups -OCH3 is 2. The Morgan fingerprint density at radius 1 is 1.09 bits per heavy atom. The van der Waals surface area contributed by atoms with Gasteiger partial charge in [0, 0.05) is 31.5 Å². The maximum absolute atomic E-state index is 13.2. The van der Waals surface area contributed by atoms with Gasteiger partial charge >= 0.3 is 6.03 Å². The predicted octanol–water partition coefficient (Wildman–Crippen LogP) is 2.26. The molecule has 3 heterocycles. The van der Waals surface area contributed by atoms with Crippen molar-refractivity contribution in [3.63, 3.8) is 0 Å². The van der Waals surface area contributed by atoms with E-state index in [9.17, 15) is 9.59 Å². The highest BCUT2D eigenvalue weighted by atomic mass is 16.5. The van der Waals surface area contributed by atoms with Crippen molar-refractivity contribution in [2.24, 2.45) is 4.99 Å². The first kappa shape index (κ1) is 21.7. The lowest BCUT2D eigenvalue weighted by atomic mass is 10.1. The van der Waals surface area contributed by atoms with E-state index in [0.717, 1.165) is 23.4 Å². The number of likely N-dealkylation sites (N-methyl/N-ethyl adjacent to an activating group) is 1. The zero-order valence-electron chi connectivity index (χ0n) is 19.2. The summed E-state index contributed by atoms with van der Waals surface area (Å²) in [6, 6.07) is 4.97. The third kappa shape index (κ3) is 3.19. The van der Waals surface area contributed by atoms with Crippen molar-refractivity contribution in [3.05, 3.63) is 47.8 Å². The van der Waals surface area contributed by atoms with Gasteiger partial charge in [0.15, 0.2) is 23.7 Å². The van der Waals surface area contributed by atoms with Gasteiger partial charge in [0.1, 0.15) is 0 Å². The molecule has 3 aliphatic rings. The maximum atomic E-state index is 13.2. The Labute approximate surface area is 188 Å². The van der Waals surface area contributed by atoms with Crippen LogP contribution in [0.1, 0.15) is 19.4 Å². The number of allylic oxidation sites excluding steroid dienone is 2. The molecule has 2 unspecified atom stereocenters. The van der Waals surface area contributed by atoms with Crippen LogP contribution in [0, 0.1) is 0 Å². The summed E-state index contributed by atoms with van der Waals surface area (Å²) in [5.74, 6) is 1.85. The second kappa shape index (κ2) is 8.22. The van der Waals surface area contributed by atoms with Gasteiger partial charge in [-0.05, 0) is 38.0 Å². The molecule has 4 rings (SSSR count). The summed E-state index contributed by atoms with van der Waals surface area (Å²) in [5, 5.41) is 0. The molecule has 2 atom stereocenters. The summed E-state index contributed by atoms with van der Waals surface area (Å²) >= 11 is 0. The van der Waals surface area contributed by atoms with Crippen LogP contribution < -0.4 is 9.47 Å². The highest BCUT2D eigenvalue weighted by molar-refractivity contribution is 6.05. The molecule has 0 radical (unpaired) electrons. The van der Waals surface area contributed by atoms with Crippen molar-refractivity contribution in [1.82, 2.24) is 19.6 Å². The molecule has 0 N–H and O–H groups in total. The van der Waals surface area contributed by atoms with Crippen molar-refractivity contribution in [2.75, 3.05) is 34.4 Å². The molecule has 3 aliphatic heterocycles. The van der Waals surface area contributed by atoms with Gasteiger partial charge in [0.2, 0.25) is 5.96 Å². The monoisotopic (exact) mass is 439 g/mol. The average Bonchev–Trinajstić information content (AvgIpc) is 3.29. The molecule has 32 heavy (non-hydrogen) atoms. The number of hydrogen-bond donors (Lipinski definition) is 0. The minimum Gasteiger partial charge on any atom is -0.493 e. The molecule has 0 spiro atoms. The van der Waals surface area contributed by atoms with Gasteiger partial charge < -0.3 is 19.3 Å². The first-order valence-electron chi connectivity index (χ1n) is 10.6. The van der Waals surface area contributed by atoms with E-state index >= 15 is 0 Å². The van der Waals surface area contributed by atoms with Gasteiger partial charge in [-0.3, -0.25) is 14.6 Å². The second-order valence-corrected chi connectivity index (χ2v) is 8.05. The average molecular weight is 440 g/mol. The van der Waals surface area contributed by atoms with Crippen molar-refractivity contribution >= 4 is 17.9 Å². The van der Waals surface area contributed by atoms with Crippen LogP contribution in [0.3, 0.4) is 0 Å². The molecule has 3 amide bonds. The topological polar surface area (TPSA) is 77.9 Å². The first-order chi connectivity index (χ1) is 15.3. The highest BCUT2D eigenvalue weighted by Gasteiger charge is 2.55. The fourth-order valence-corrected chi connectivity index (χ4v) is 4.52. The summed E-state index contributed by atoms with van der Waals surface area (Å²) in [7, 11) is 4.93. The van der Waals surface area contributed by atoms with Crippen LogP contribution in [0.5, 0.6) is 11.5 Å². The number of rotatable bonds is 7. The predicted molar refractivity (Wildman–Crippen MR) is 120 cm³/mol. The van der Waals surface area contributed by atoms with E-state index in [1.54, 1.807) is 27.3 Å². The van der Waals surface area contributed by atoms with E-state index in [-0.39, 0.29) is 18.5 Å². The third-order valence-corrected chi connectivity index (χ3v) is 6.39. The van der Waals surface area contributed by atoms with Crippen LogP contribution in [0.15, 0.2) is 47.2 Å². The number of benzene rings is 1. The molecule has 9 nitrogen and oxygen atoms in total. The highest BCUT2D eigenvalue weighted by Crippen LogP contribution is 2.38. The number of guanidine groups is 1. The Morgan fingerprint density at radius 2 is 1.81 bits per heavy atom. The molecule has 1 fully saturated rings. The van der Waals surface area contributed by atoms with E-state index in [1.165, 1.54) is 9.80 Å². The minimum atomic E-state index is -0.561. The van der Waals surface area contributed by atoms with Gasteiger partial charge in [-0.15, -0.1) is 6.58 Å². The van der Waals surface area contributed by atoms with Crippen molar-refractivity contribution < 1.29 is 19.1 Å². The summed E-state index contributed by atoms with van der Waals surface area (Å²) in [6.07, 6.45) is 1.77. The molecule has 0 aliphatic carbocycles. The first-order valence-corrected chi connectivity index (χ1v) is 10.6. The number of nitrogens with zero attached hydrogens (tertiary/aromatic N) is 5. The number of imide groups is 1. The Kier molecular flexibility index (Phi) is 5.58. The number of amides is 3. The Morgan fingerprint density at radius 3 is 2.47 bits per heavy atom. The van der Waals surface area contributed by atoms with E-state index < -0.39 is 12.2 Å². The van der Waals surface area contributed by atoms with Crippen molar-refractivity contribution in [3.8, 4) is 11.5 Å². The second-order valence-electron chi connectivity index (χ2n) is 8.05. The van der Waals surface area contributed by atoms with Crippen LogP contribution in [-0.2, 0) is 11.2 Å². The molecule has 1 saturated heterocycles. The van der Waals surface area contributed by atoms with Crippen LogP contribution in [0.2, 0.25) is 0 Å². The third-order valence-electron chi connectivity index (χ3n) is 6.39. The number of carbonyl (C=O) groups is 2. The fourth-order valence-electron chi connectivity index (χ4n) is 4.52. The standard InChI is InChI=1S/C23H29N5O4/c1-7-11-27-21(29)19-20(25(4)23(27)30)24-22-26(14(2)15(3)28(19)22)12-10-16-8-9-17(31-5)18(13-16)32-6/h7-9,13,19-20H,1,10-12H2,2-6H3. The largest absolute Gasteiger partial charge is 0.493 e. The fraction of sp³-hybridized carbons (Fsp3) is 0.435. The summed E-state index contributed by atoms with van der Waals surface area (Å²) in [4.78, 5) is 37.6. The summed E-state index contributed by atoms with van der Waals surface area (Å²) < 4.78 is 10.7. The minimum absolute atomic E-state index is 0.180. The molecule has 1 aromatic rings. The SMILES string of the molecule is C=CCN1C(=O)C2C(N=C3N(CCc4ccc(OC)c(OC)c4)C(C)=C(C)N32)N(C)C1=O. The Bertz CT molecular complexity index is 1030. The van der Waals surface area contributed by atoms with Crippen LogP contribution in [0.4, 0.5) is 4.79 Å². The molecule has 1 aromatic carbocycles. The molecule has 9 heteroatoms. The zero-order chi connectivity index (χ0) is 23.2. The van der Waals surface area contributed by atoms with Gasteiger partial charge in [0.05, 0.1) is 14.2 Å². The van der Waals surface area contributed by atoms with Crippen LogP contribution in [-0.4, -0.2) is 84.1 Å². The van der Waals surface area contributed by atoms with E-state index in [4.69, 9.17) is 14.5 Å². The quantitative estimate of drug-likeness (QED) is 0.607. The number of aliphatic imine (C=N–C) groups is 1. The smallest absolute Gasteiger partial charge is 0.328 e. The Hall–Kier alpha value is -3.49. The summed E-state index contributed by atoms with van der Waals surface area (Å²) in [5.41, 5.74) is 3.12. The van der Waals surface area contributed by atoms with Crippen LogP contribution in [0.25, 0.3) is 0 Å². The van der Waals surface area contributed by atoms with Gasteiger partial charge in [0.25, 0.3) is 5.91 Å². The summed E-state index contributed by atoms with van der Waals surface area (Å²) in [6.45, 7) is 8.55. The maximum Gasteiger partial charge on any atom is 0.328 e.